The van der Waals surface area contributed by atoms with Gasteiger partial charge in [0.2, 0.25) is 0 Å². The van der Waals surface area contributed by atoms with Crippen molar-refractivity contribution >= 4 is 32.3 Å². The Morgan fingerprint density at radius 1 is 0.250 bits per heavy atom. The van der Waals surface area contributed by atoms with E-state index in [9.17, 15) is 0 Å². The van der Waals surface area contributed by atoms with Crippen molar-refractivity contribution in [1.29, 1.82) is 0 Å². The van der Waals surface area contributed by atoms with Crippen LogP contribution in [0.1, 0.15) is 49.9 Å². The molecule has 0 heteroatoms. The molecular weight excluding hydrogens is 721 g/mol. The van der Waals surface area contributed by atoms with Gasteiger partial charge in [0.1, 0.15) is 0 Å². The summed E-state index contributed by atoms with van der Waals surface area (Å²) in [6.45, 7) is 9.53. The van der Waals surface area contributed by atoms with Crippen LogP contribution in [0.5, 0.6) is 0 Å². The third-order valence-electron chi connectivity index (χ3n) is 14.1. The maximum Gasteiger partial charge on any atom is 0.0159 e. The molecule has 12 rings (SSSR count). The standard InChI is InChI=1S/C60H44/c1-59(2)53-22-11-9-17-45(53)47-31-29-41(35-55(47)59)57-49-19-7-8-20-50(49)58(42-30-32-48-46-18-10-12-23-54(46)60(3,4)56(48)36-42)52-34-40(28-33-51(52)57)37-24-26-39(27-25-37)44-21-13-15-38-14-5-6-16-43(38)44/h5-36H,1-4H3. The van der Waals surface area contributed by atoms with Gasteiger partial charge in [0.05, 0.1) is 0 Å². The van der Waals surface area contributed by atoms with Crippen LogP contribution in [0.3, 0.4) is 0 Å². The van der Waals surface area contributed by atoms with Crippen molar-refractivity contribution in [3.8, 4) is 66.8 Å². The SMILES string of the molecule is CC1(C)c2ccccc2-c2ccc(-c3c4ccccc4c(-c4ccc5c(c4)C(C)(C)c4ccccc4-5)c4cc(-c5ccc(-c6cccc7ccccc67)cc5)ccc34)cc21. The molecule has 0 unspecified atom stereocenters. The van der Waals surface area contributed by atoms with E-state index in [2.05, 4.69) is 222 Å². The molecule has 0 heterocycles. The quantitative estimate of drug-likeness (QED) is 0.157. The van der Waals surface area contributed by atoms with E-state index in [1.165, 1.54) is 121 Å². The molecule has 0 saturated carbocycles. The van der Waals surface area contributed by atoms with E-state index in [1.807, 2.05) is 0 Å². The van der Waals surface area contributed by atoms with Crippen molar-refractivity contribution in [2.75, 3.05) is 0 Å². The van der Waals surface area contributed by atoms with Gasteiger partial charge in [-0.1, -0.05) is 204 Å². The zero-order valence-electron chi connectivity index (χ0n) is 34.5. The second kappa shape index (κ2) is 12.7. The van der Waals surface area contributed by atoms with Gasteiger partial charge >= 0.3 is 0 Å². The number of benzene rings is 10. The third kappa shape index (κ3) is 4.98. The van der Waals surface area contributed by atoms with Gasteiger partial charge in [0, 0.05) is 10.8 Å². The molecule has 10 aromatic rings. The molecule has 0 nitrogen and oxygen atoms in total. The van der Waals surface area contributed by atoms with Crippen LogP contribution >= 0.6 is 0 Å². The molecule has 2 aliphatic rings. The smallest absolute Gasteiger partial charge is 0.0159 e. The van der Waals surface area contributed by atoms with E-state index in [4.69, 9.17) is 0 Å². The van der Waals surface area contributed by atoms with Crippen molar-refractivity contribution in [3.63, 3.8) is 0 Å². The van der Waals surface area contributed by atoms with E-state index >= 15 is 0 Å². The summed E-state index contributed by atoms with van der Waals surface area (Å²) in [4.78, 5) is 0. The maximum atomic E-state index is 2.50. The molecule has 0 radical (unpaired) electrons. The number of fused-ring (bicyclic) bond motifs is 9. The minimum Gasteiger partial charge on any atom is -0.0619 e. The summed E-state index contributed by atoms with van der Waals surface area (Å²) in [6, 6.07) is 73.2. The highest BCUT2D eigenvalue weighted by Gasteiger charge is 2.37. The van der Waals surface area contributed by atoms with Crippen LogP contribution < -0.4 is 0 Å². The summed E-state index contributed by atoms with van der Waals surface area (Å²) in [5, 5.41) is 7.65. The summed E-state index contributed by atoms with van der Waals surface area (Å²) in [5.74, 6) is 0. The molecule has 0 spiro atoms. The predicted octanol–water partition coefficient (Wildman–Crippen LogP) is 16.4. The summed E-state index contributed by atoms with van der Waals surface area (Å²) in [5.41, 5.74) is 20.8. The van der Waals surface area contributed by atoms with Crippen LogP contribution in [-0.2, 0) is 10.8 Å². The number of rotatable bonds is 4. The van der Waals surface area contributed by atoms with Gasteiger partial charge in [-0.3, -0.25) is 0 Å². The molecule has 0 aliphatic heterocycles. The van der Waals surface area contributed by atoms with Gasteiger partial charge in [-0.2, -0.15) is 0 Å². The van der Waals surface area contributed by atoms with Crippen molar-refractivity contribution in [3.05, 3.63) is 216 Å². The van der Waals surface area contributed by atoms with E-state index in [0.717, 1.165) is 0 Å². The fourth-order valence-electron chi connectivity index (χ4n) is 11.0. The Labute approximate surface area is 352 Å². The monoisotopic (exact) mass is 764 g/mol. The zero-order valence-corrected chi connectivity index (χ0v) is 34.5. The van der Waals surface area contributed by atoms with Crippen molar-refractivity contribution in [2.24, 2.45) is 0 Å². The molecule has 0 N–H and O–H groups in total. The van der Waals surface area contributed by atoms with Crippen LogP contribution in [0.25, 0.3) is 99.1 Å². The summed E-state index contributed by atoms with van der Waals surface area (Å²) >= 11 is 0. The summed E-state index contributed by atoms with van der Waals surface area (Å²) in [6.07, 6.45) is 0. The second-order valence-corrected chi connectivity index (χ2v) is 18.0. The lowest BCUT2D eigenvalue weighted by atomic mass is 9.79. The Morgan fingerprint density at radius 2 is 0.667 bits per heavy atom. The Balaban J connectivity index is 1.09. The molecule has 60 heavy (non-hydrogen) atoms. The molecule has 284 valence electrons. The third-order valence-corrected chi connectivity index (χ3v) is 14.1. The average molecular weight is 765 g/mol. The fourth-order valence-corrected chi connectivity index (χ4v) is 11.0. The van der Waals surface area contributed by atoms with Crippen LogP contribution in [0, 0.1) is 0 Å². The lowest BCUT2D eigenvalue weighted by Crippen LogP contribution is -2.15. The van der Waals surface area contributed by atoms with Gasteiger partial charge in [-0.25, -0.2) is 0 Å². The maximum absolute atomic E-state index is 2.50. The normalized spacial score (nSPS) is 14.3. The lowest BCUT2D eigenvalue weighted by molar-refractivity contribution is 0.660. The molecular formula is C60H44. The fraction of sp³-hybridized carbons (Fsp3) is 0.100. The summed E-state index contributed by atoms with van der Waals surface area (Å²) < 4.78 is 0. The van der Waals surface area contributed by atoms with Crippen LogP contribution in [0.15, 0.2) is 194 Å². The first-order chi connectivity index (χ1) is 29.3. The number of hydrogen-bond donors (Lipinski definition) is 0. The Morgan fingerprint density at radius 3 is 1.28 bits per heavy atom. The lowest BCUT2D eigenvalue weighted by Gasteiger charge is -2.24. The minimum atomic E-state index is -0.0979. The molecule has 2 aliphatic carbocycles. The van der Waals surface area contributed by atoms with E-state index < -0.39 is 0 Å². The van der Waals surface area contributed by atoms with Crippen LogP contribution in [0.4, 0.5) is 0 Å². The van der Waals surface area contributed by atoms with Crippen LogP contribution in [0.2, 0.25) is 0 Å². The molecule has 0 fully saturated rings. The first kappa shape index (κ1) is 35.0. The van der Waals surface area contributed by atoms with E-state index in [0.29, 0.717) is 0 Å². The zero-order chi connectivity index (χ0) is 40.3. The Kier molecular flexibility index (Phi) is 7.42. The predicted molar refractivity (Wildman–Crippen MR) is 256 cm³/mol. The molecule has 0 saturated heterocycles. The molecule has 0 aromatic heterocycles. The molecule has 0 amide bonds. The van der Waals surface area contributed by atoms with Crippen molar-refractivity contribution in [2.45, 2.75) is 38.5 Å². The highest BCUT2D eigenvalue weighted by atomic mass is 14.4. The highest BCUT2D eigenvalue weighted by Crippen LogP contribution is 2.53. The topological polar surface area (TPSA) is 0 Å². The van der Waals surface area contributed by atoms with Gasteiger partial charge in [-0.15, -0.1) is 0 Å². The van der Waals surface area contributed by atoms with Crippen LogP contribution in [-0.4, -0.2) is 0 Å². The number of hydrogen-bond acceptors (Lipinski definition) is 0. The largest absolute Gasteiger partial charge is 0.0619 e. The first-order valence-electron chi connectivity index (χ1n) is 21.3. The van der Waals surface area contributed by atoms with Crippen molar-refractivity contribution < 1.29 is 0 Å². The molecule has 10 aromatic carbocycles. The average Bonchev–Trinajstić information content (AvgIpc) is 3.66. The van der Waals surface area contributed by atoms with Crippen molar-refractivity contribution in [1.82, 2.24) is 0 Å². The minimum absolute atomic E-state index is 0.0896. The molecule has 0 atom stereocenters. The Hall–Kier alpha value is -7.02. The van der Waals surface area contributed by atoms with E-state index in [1.54, 1.807) is 0 Å². The van der Waals surface area contributed by atoms with Gasteiger partial charge < -0.3 is 0 Å². The first-order valence-corrected chi connectivity index (χ1v) is 21.3. The summed E-state index contributed by atoms with van der Waals surface area (Å²) in [7, 11) is 0. The van der Waals surface area contributed by atoms with Gasteiger partial charge in [-0.05, 0) is 140 Å². The van der Waals surface area contributed by atoms with Gasteiger partial charge in [0.15, 0.2) is 0 Å². The van der Waals surface area contributed by atoms with Gasteiger partial charge in [0.25, 0.3) is 0 Å². The van der Waals surface area contributed by atoms with E-state index in [-0.39, 0.29) is 10.8 Å². The Bertz CT molecular complexity index is 3400. The second-order valence-electron chi connectivity index (χ2n) is 18.0. The highest BCUT2D eigenvalue weighted by molar-refractivity contribution is 6.22. The molecule has 0 bridgehead atoms.